The van der Waals surface area contributed by atoms with Gasteiger partial charge in [0.15, 0.2) is 0 Å². The zero-order chi connectivity index (χ0) is 9.97. The van der Waals surface area contributed by atoms with Crippen molar-refractivity contribution in [2.45, 2.75) is 70.9 Å². The normalized spacial score (nSPS) is 27.9. The standard InChI is InChI=1S/C13H25N/c1-10(9-12-5-3-4-6-12)14-11(2)13-7-8-13/h10-14H,3-9H2,1-2H3. The van der Waals surface area contributed by atoms with Gasteiger partial charge in [0.1, 0.15) is 0 Å². The Morgan fingerprint density at radius 2 is 1.71 bits per heavy atom. The van der Waals surface area contributed by atoms with Crippen LogP contribution in [0.25, 0.3) is 0 Å². The number of hydrogen-bond acceptors (Lipinski definition) is 1. The second-order valence-electron chi connectivity index (χ2n) is 5.58. The zero-order valence-electron chi connectivity index (χ0n) is 9.76. The molecule has 0 aromatic heterocycles. The third kappa shape index (κ3) is 2.98. The summed E-state index contributed by atoms with van der Waals surface area (Å²) in [5.41, 5.74) is 0. The van der Waals surface area contributed by atoms with Gasteiger partial charge in [-0.25, -0.2) is 0 Å². The van der Waals surface area contributed by atoms with Crippen molar-refractivity contribution >= 4 is 0 Å². The largest absolute Gasteiger partial charge is 0.311 e. The van der Waals surface area contributed by atoms with Crippen LogP contribution in [0.3, 0.4) is 0 Å². The average Bonchev–Trinajstić information content (AvgIpc) is 2.87. The van der Waals surface area contributed by atoms with Gasteiger partial charge in [-0.3, -0.25) is 0 Å². The lowest BCUT2D eigenvalue weighted by atomic mass is 9.98. The molecule has 0 saturated heterocycles. The van der Waals surface area contributed by atoms with Crippen LogP contribution in [-0.4, -0.2) is 12.1 Å². The van der Waals surface area contributed by atoms with Crippen LogP contribution in [0.1, 0.15) is 58.8 Å². The van der Waals surface area contributed by atoms with Gasteiger partial charge >= 0.3 is 0 Å². The fourth-order valence-corrected chi connectivity index (χ4v) is 3.00. The maximum Gasteiger partial charge on any atom is 0.00694 e. The van der Waals surface area contributed by atoms with Crippen molar-refractivity contribution in [3.05, 3.63) is 0 Å². The van der Waals surface area contributed by atoms with Gasteiger partial charge in [0.2, 0.25) is 0 Å². The van der Waals surface area contributed by atoms with Gasteiger partial charge in [0.25, 0.3) is 0 Å². The summed E-state index contributed by atoms with van der Waals surface area (Å²) >= 11 is 0. The van der Waals surface area contributed by atoms with E-state index in [1.807, 2.05) is 0 Å². The van der Waals surface area contributed by atoms with Crippen LogP contribution in [0.2, 0.25) is 0 Å². The molecule has 2 aliphatic rings. The molecule has 2 unspecified atom stereocenters. The highest BCUT2D eigenvalue weighted by Crippen LogP contribution is 2.33. The maximum atomic E-state index is 3.77. The van der Waals surface area contributed by atoms with Gasteiger partial charge in [-0.1, -0.05) is 25.7 Å². The second-order valence-corrected chi connectivity index (χ2v) is 5.58. The maximum absolute atomic E-state index is 3.77. The van der Waals surface area contributed by atoms with E-state index in [1.165, 1.54) is 44.9 Å². The van der Waals surface area contributed by atoms with Crippen LogP contribution < -0.4 is 5.32 Å². The summed E-state index contributed by atoms with van der Waals surface area (Å²) in [5, 5.41) is 3.77. The molecular weight excluding hydrogens is 170 g/mol. The van der Waals surface area contributed by atoms with Crippen molar-refractivity contribution in [1.82, 2.24) is 5.32 Å². The first-order chi connectivity index (χ1) is 6.75. The van der Waals surface area contributed by atoms with E-state index in [0.717, 1.165) is 23.9 Å². The van der Waals surface area contributed by atoms with Gasteiger partial charge in [0, 0.05) is 12.1 Å². The predicted octanol–water partition coefficient (Wildman–Crippen LogP) is 3.34. The minimum absolute atomic E-state index is 0.744. The highest BCUT2D eigenvalue weighted by atomic mass is 15.0. The van der Waals surface area contributed by atoms with E-state index < -0.39 is 0 Å². The molecule has 2 atom stereocenters. The lowest BCUT2D eigenvalue weighted by Crippen LogP contribution is -2.36. The molecule has 0 aromatic rings. The third-order valence-corrected chi connectivity index (χ3v) is 4.04. The molecule has 2 aliphatic carbocycles. The van der Waals surface area contributed by atoms with Crippen molar-refractivity contribution in [3.63, 3.8) is 0 Å². The molecule has 0 heterocycles. The number of hydrogen-bond donors (Lipinski definition) is 1. The molecule has 0 bridgehead atoms. The van der Waals surface area contributed by atoms with Crippen molar-refractivity contribution < 1.29 is 0 Å². The van der Waals surface area contributed by atoms with Crippen LogP contribution in [0.15, 0.2) is 0 Å². The molecule has 1 nitrogen and oxygen atoms in total. The summed E-state index contributed by atoms with van der Waals surface area (Å²) in [5.74, 6) is 2.03. The molecule has 0 amide bonds. The Balaban J connectivity index is 1.63. The van der Waals surface area contributed by atoms with E-state index in [4.69, 9.17) is 0 Å². The van der Waals surface area contributed by atoms with Gasteiger partial charge in [-0.2, -0.15) is 0 Å². The molecule has 82 valence electrons. The Labute approximate surface area is 88.7 Å². The van der Waals surface area contributed by atoms with Gasteiger partial charge in [-0.15, -0.1) is 0 Å². The lowest BCUT2D eigenvalue weighted by Gasteiger charge is -2.22. The molecule has 0 radical (unpaired) electrons. The zero-order valence-corrected chi connectivity index (χ0v) is 9.76. The van der Waals surface area contributed by atoms with Crippen LogP contribution in [0.4, 0.5) is 0 Å². The monoisotopic (exact) mass is 195 g/mol. The molecule has 0 aliphatic heterocycles. The van der Waals surface area contributed by atoms with E-state index in [9.17, 15) is 0 Å². The van der Waals surface area contributed by atoms with Crippen LogP contribution in [0.5, 0.6) is 0 Å². The first-order valence-electron chi connectivity index (χ1n) is 6.51. The van der Waals surface area contributed by atoms with Crippen molar-refractivity contribution in [2.75, 3.05) is 0 Å². The number of nitrogens with one attached hydrogen (secondary N) is 1. The van der Waals surface area contributed by atoms with Gasteiger partial charge in [0.05, 0.1) is 0 Å². The molecule has 2 rings (SSSR count). The van der Waals surface area contributed by atoms with E-state index in [2.05, 4.69) is 19.2 Å². The SMILES string of the molecule is CC(CC1CCCC1)NC(C)C1CC1. The van der Waals surface area contributed by atoms with Crippen LogP contribution in [0, 0.1) is 11.8 Å². The van der Waals surface area contributed by atoms with E-state index in [1.54, 1.807) is 0 Å². The molecular formula is C13H25N. The Hall–Kier alpha value is -0.0400. The fraction of sp³-hybridized carbons (Fsp3) is 1.00. The Bertz CT molecular complexity index is 164. The smallest absolute Gasteiger partial charge is 0.00694 e. The molecule has 0 aromatic carbocycles. The minimum atomic E-state index is 0.744. The summed E-state index contributed by atoms with van der Waals surface area (Å²) in [4.78, 5) is 0. The van der Waals surface area contributed by atoms with E-state index in [0.29, 0.717) is 0 Å². The summed E-state index contributed by atoms with van der Waals surface area (Å²) in [6, 6.07) is 1.51. The highest BCUT2D eigenvalue weighted by Gasteiger charge is 2.29. The number of rotatable bonds is 5. The topological polar surface area (TPSA) is 12.0 Å². The molecule has 0 spiro atoms. The van der Waals surface area contributed by atoms with Gasteiger partial charge in [-0.05, 0) is 44.9 Å². The van der Waals surface area contributed by atoms with Crippen molar-refractivity contribution in [1.29, 1.82) is 0 Å². The Kier molecular flexibility index (Phi) is 3.48. The first-order valence-corrected chi connectivity index (χ1v) is 6.51. The van der Waals surface area contributed by atoms with E-state index in [-0.39, 0.29) is 0 Å². The minimum Gasteiger partial charge on any atom is -0.311 e. The second kappa shape index (κ2) is 4.65. The van der Waals surface area contributed by atoms with Gasteiger partial charge < -0.3 is 5.32 Å². The van der Waals surface area contributed by atoms with Crippen LogP contribution >= 0.6 is 0 Å². The lowest BCUT2D eigenvalue weighted by molar-refractivity contribution is 0.361. The van der Waals surface area contributed by atoms with Crippen molar-refractivity contribution in [2.24, 2.45) is 11.8 Å². The molecule has 2 fully saturated rings. The molecule has 14 heavy (non-hydrogen) atoms. The Morgan fingerprint density at radius 1 is 1.07 bits per heavy atom. The molecule has 1 heteroatoms. The first kappa shape index (κ1) is 10.5. The molecule has 1 N–H and O–H groups in total. The predicted molar refractivity (Wildman–Crippen MR) is 61.4 cm³/mol. The average molecular weight is 195 g/mol. The quantitative estimate of drug-likeness (QED) is 0.709. The van der Waals surface area contributed by atoms with E-state index >= 15 is 0 Å². The summed E-state index contributed by atoms with van der Waals surface area (Å²) < 4.78 is 0. The molecule has 2 saturated carbocycles. The third-order valence-electron chi connectivity index (χ3n) is 4.04. The Morgan fingerprint density at radius 3 is 2.29 bits per heavy atom. The summed E-state index contributed by atoms with van der Waals surface area (Å²) in [6.07, 6.45) is 10.3. The highest BCUT2D eigenvalue weighted by molar-refractivity contribution is 4.85. The van der Waals surface area contributed by atoms with Crippen molar-refractivity contribution in [3.8, 4) is 0 Å². The summed E-state index contributed by atoms with van der Waals surface area (Å²) in [7, 11) is 0. The van der Waals surface area contributed by atoms with Crippen LogP contribution in [-0.2, 0) is 0 Å². The summed E-state index contributed by atoms with van der Waals surface area (Å²) in [6.45, 7) is 4.74. The fourth-order valence-electron chi connectivity index (χ4n) is 3.00.